The summed E-state index contributed by atoms with van der Waals surface area (Å²) < 4.78 is 5.47. The van der Waals surface area contributed by atoms with Crippen molar-refractivity contribution in [1.82, 2.24) is 10.7 Å². The van der Waals surface area contributed by atoms with Gasteiger partial charge in [0.05, 0.1) is 16.9 Å². The van der Waals surface area contributed by atoms with Crippen LogP contribution in [-0.2, 0) is 14.4 Å². The highest BCUT2D eigenvalue weighted by Crippen LogP contribution is 2.20. The lowest BCUT2D eigenvalue weighted by atomic mass is 10.2. The molecular weight excluding hydrogens is 396 g/mol. The zero-order chi connectivity index (χ0) is 20.6. The Morgan fingerprint density at radius 3 is 2.66 bits per heavy atom. The summed E-state index contributed by atoms with van der Waals surface area (Å²) in [5.74, 6) is -1.43. The van der Waals surface area contributed by atoms with E-state index in [0.29, 0.717) is 22.0 Å². The highest BCUT2D eigenvalue weighted by Gasteiger charge is 2.26. The van der Waals surface area contributed by atoms with Gasteiger partial charge in [-0.15, -0.1) is 0 Å². The van der Waals surface area contributed by atoms with Gasteiger partial charge < -0.3 is 15.4 Å². The highest BCUT2D eigenvalue weighted by atomic mass is 35.5. The molecule has 1 fully saturated rings. The minimum Gasteiger partial charge on any atom is -0.484 e. The summed E-state index contributed by atoms with van der Waals surface area (Å²) in [5, 5.41) is 9.43. The van der Waals surface area contributed by atoms with Crippen LogP contribution in [0.5, 0.6) is 5.75 Å². The van der Waals surface area contributed by atoms with Gasteiger partial charge in [0.1, 0.15) is 5.75 Å². The van der Waals surface area contributed by atoms with E-state index in [1.165, 1.54) is 6.21 Å². The molecule has 1 aliphatic rings. The van der Waals surface area contributed by atoms with Crippen LogP contribution >= 0.6 is 11.6 Å². The van der Waals surface area contributed by atoms with Crippen LogP contribution in [-0.4, -0.2) is 36.6 Å². The summed E-state index contributed by atoms with van der Waals surface area (Å²) in [5.41, 5.74) is 3.29. The number of benzene rings is 2. The average Bonchev–Trinajstić information content (AvgIpc) is 3.52. The van der Waals surface area contributed by atoms with E-state index in [-0.39, 0.29) is 18.6 Å². The van der Waals surface area contributed by atoms with Crippen molar-refractivity contribution >= 4 is 41.2 Å². The molecule has 0 aliphatic heterocycles. The number of para-hydroxylation sites is 1. The Morgan fingerprint density at radius 2 is 1.90 bits per heavy atom. The van der Waals surface area contributed by atoms with Gasteiger partial charge in [0, 0.05) is 6.04 Å². The quantitative estimate of drug-likeness (QED) is 0.366. The average molecular weight is 415 g/mol. The van der Waals surface area contributed by atoms with Gasteiger partial charge in [0.2, 0.25) is 0 Å². The van der Waals surface area contributed by atoms with Crippen molar-refractivity contribution in [2.75, 3.05) is 11.9 Å². The molecule has 0 bridgehead atoms. The lowest BCUT2D eigenvalue weighted by molar-refractivity contribution is -0.139. The smallest absolute Gasteiger partial charge is 0.329 e. The summed E-state index contributed by atoms with van der Waals surface area (Å²) in [4.78, 5) is 35.1. The van der Waals surface area contributed by atoms with Crippen LogP contribution in [0.3, 0.4) is 0 Å². The number of amides is 3. The first-order valence-electron chi connectivity index (χ1n) is 8.92. The first-order chi connectivity index (χ1) is 14.0. The normalized spacial score (nSPS) is 13.0. The molecule has 1 aliphatic carbocycles. The SMILES string of the molecule is O=C(COc1cccc(/C=N\NC(=O)C(=O)NC2CC2)c1)Nc1ccccc1Cl. The number of hydrogen-bond acceptors (Lipinski definition) is 5. The number of nitrogens with one attached hydrogen (secondary N) is 3. The third-order valence-electron chi connectivity index (χ3n) is 3.87. The summed E-state index contributed by atoms with van der Waals surface area (Å²) in [6.07, 6.45) is 3.16. The minimum atomic E-state index is -0.822. The van der Waals surface area contributed by atoms with Crippen LogP contribution < -0.4 is 20.8 Å². The molecule has 9 heteroatoms. The summed E-state index contributed by atoms with van der Waals surface area (Å²) in [6.45, 7) is -0.204. The van der Waals surface area contributed by atoms with Gasteiger partial charge in [0.25, 0.3) is 5.91 Å². The topological polar surface area (TPSA) is 109 Å². The lowest BCUT2D eigenvalue weighted by Crippen LogP contribution is -2.38. The fraction of sp³-hybridized carbons (Fsp3) is 0.200. The van der Waals surface area contributed by atoms with Crippen LogP contribution in [0.4, 0.5) is 5.69 Å². The molecule has 1 saturated carbocycles. The maximum absolute atomic E-state index is 12.0. The van der Waals surface area contributed by atoms with E-state index in [9.17, 15) is 14.4 Å². The molecule has 0 spiro atoms. The van der Waals surface area contributed by atoms with Gasteiger partial charge in [-0.1, -0.05) is 35.9 Å². The number of anilines is 1. The van der Waals surface area contributed by atoms with Crippen molar-refractivity contribution in [2.24, 2.45) is 5.10 Å². The second-order valence-corrected chi connectivity index (χ2v) is 6.74. The monoisotopic (exact) mass is 414 g/mol. The fourth-order valence-electron chi connectivity index (χ4n) is 2.28. The summed E-state index contributed by atoms with van der Waals surface area (Å²) >= 11 is 6.00. The lowest BCUT2D eigenvalue weighted by Gasteiger charge is -2.09. The van der Waals surface area contributed by atoms with Crippen LogP contribution in [0.15, 0.2) is 53.6 Å². The molecule has 29 heavy (non-hydrogen) atoms. The molecule has 3 rings (SSSR count). The maximum Gasteiger partial charge on any atom is 0.329 e. The predicted octanol–water partition coefficient (Wildman–Crippen LogP) is 2.09. The van der Waals surface area contributed by atoms with E-state index in [2.05, 4.69) is 21.2 Å². The van der Waals surface area contributed by atoms with E-state index < -0.39 is 11.8 Å². The summed E-state index contributed by atoms with van der Waals surface area (Å²) in [6, 6.07) is 13.8. The van der Waals surface area contributed by atoms with Gasteiger partial charge in [-0.2, -0.15) is 5.10 Å². The Kier molecular flexibility index (Phi) is 6.80. The van der Waals surface area contributed by atoms with Crippen molar-refractivity contribution in [3.8, 4) is 5.75 Å². The molecule has 3 N–H and O–H groups in total. The molecule has 0 unspecified atom stereocenters. The molecule has 8 nitrogen and oxygen atoms in total. The second kappa shape index (κ2) is 9.70. The Morgan fingerprint density at radius 1 is 1.10 bits per heavy atom. The van der Waals surface area contributed by atoms with Gasteiger partial charge in [0.15, 0.2) is 6.61 Å². The molecular formula is C20H19ClN4O4. The molecule has 0 heterocycles. The highest BCUT2D eigenvalue weighted by molar-refractivity contribution is 6.35. The Bertz CT molecular complexity index is 944. The number of rotatable bonds is 7. The molecule has 0 atom stereocenters. The van der Waals surface area contributed by atoms with Crippen molar-refractivity contribution in [3.63, 3.8) is 0 Å². The maximum atomic E-state index is 12.0. The molecule has 150 valence electrons. The fourth-order valence-corrected chi connectivity index (χ4v) is 2.46. The van der Waals surface area contributed by atoms with E-state index in [1.807, 2.05) is 0 Å². The molecule has 0 aromatic heterocycles. The number of carbonyl (C=O) groups is 3. The zero-order valence-corrected chi connectivity index (χ0v) is 16.1. The Balaban J connectivity index is 1.47. The van der Waals surface area contributed by atoms with Crippen molar-refractivity contribution in [1.29, 1.82) is 0 Å². The van der Waals surface area contributed by atoms with Crippen LogP contribution in [0.1, 0.15) is 18.4 Å². The number of nitrogens with zero attached hydrogens (tertiary/aromatic N) is 1. The van der Waals surface area contributed by atoms with E-state index >= 15 is 0 Å². The van der Waals surface area contributed by atoms with Gasteiger partial charge in [-0.05, 0) is 42.7 Å². The first-order valence-corrected chi connectivity index (χ1v) is 9.30. The third-order valence-corrected chi connectivity index (χ3v) is 4.20. The number of halogens is 1. The second-order valence-electron chi connectivity index (χ2n) is 6.34. The standard InChI is InChI=1S/C20H19ClN4O4/c21-16-6-1-2-7-17(16)24-18(26)12-29-15-5-3-4-13(10-15)11-22-25-20(28)19(27)23-14-8-9-14/h1-7,10-11,14H,8-9,12H2,(H,23,27)(H,24,26)(H,25,28)/b22-11-. The van der Waals surface area contributed by atoms with Crippen molar-refractivity contribution < 1.29 is 19.1 Å². The summed E-state index contributed by atoms with van der Waals surface area (Å²) in [7, 11) is 0. The largest absolute Gasteiger partial charge is 0.484 e. The Hall–Kier alpha value is -3.39. The van der Waals surface area contributed by atoms with Crippen LogP contribution in [0.2, 0.25) is 5.02 Å². The number of hydrazone groups is 1. The number of carbonyl (C=O) groups excluding carboxylic acids is 3. The van der Waals surface area contributed by atoms with E-state index in [4.69, 9.17) is 16.3 Å². The molecule has 0 radical (unpaired) electrons. The van der Waals surface area contributed by atoms with Gasteiger partial charge in [-0.25, -0.2) is 5.43 Å². The zero-order valence-electron chi connectivity index (χ0n) is 15.4. The number of ether oxygens (including phenoxy) is 1. The molecule has 2 aromatic carbocycles. The molecule has 0 saturated heterocycles. The minimum absolute atomic E-state index is 0.0983. The number of hydrogen-bond donors (Lipinski definition) is 3. The van der Waals surface area contributed by atoms with Crippen LogP contribution in [0, 0.1) is 0 Å². The van der Waals surface area contributed by atoms with Crippen LogP contribution in [0.25, 0.3) is 0 Å². The predicted molar refractivity (Wildman–Crippen MR) is 109 cm³/mol. The first kappa shape index (κ1) is 20.3. The van der Waals surface area contributed by atoms with Crippen molar-refractivity contribution in [3.05, 3.63) is 59.1 Å². The molecule has 2 aromatic rings. The van der Waals surface area contributed by atoms with E-state index in [0.717, 1.165) is 12.8 Å². The van der Waals surface area contributed by atoms with Crippen molar-refractivity contribution in [2.45, 2.75) is 18.9 Å². The van der Waals surface area contributed by atoms with Gasteiger partial charge >= 0.3 is 11.8 Å². The Labute approximate surface area is 172 Å². The van der Waals surface area contributed by atoms with Gasteiger partial charge in [-0.3, -0.25) is 14.4 Å². The third kappa shape index (κ3) is 6.62. The molecule has 3 amide bonds. The van der Waals surface area contributed by atoms with E-state index in [1.54, 1.807) is 48.5 Å².